The smallest absolute Gasteiger partial charge is 0.404 e. The molecule has 4 rings (SSSR count). The number of hydrogen-bond donors (Lipinski definition) is 1. The molecule has 0 saturated carbocycles. The number of sulfonamides is 1. The van der Waals surface area contributed by atoms with Crippen molar-refractivity contribution in [2.45, 2.75) is 44.5 Å². The molecule has 206 valence electrons. The van der Waals surface area contributed by atoms with Gasteiger partial charge in [-0.05, 0) is 56.2 Å². The zero-order valence-electron chi connectivity index (χ0n) is 21.5. The Balaban J connectivity index is 1.77. The maximum Gasteiger partial charge on any atom is 0.573 e. The van der Waals surface area contributed by atoms with Crippen LogP contribution in [0.5, 0.6) is 5.75 Å². The Labute approximate surface area is 224 Å². The molecule has 2 amide bonds. The topological polar surface area (TPSA) is 96.0 Å². The summed E-state index contributed by atoms with van der Waals surface area (Å²) < 4.78 is 72.1. The van der Waals surface area contributed by atoms with Crippen molar-refractivity contribution in [1.82, 2.24) is 0 Å². The SMILES string of the molecule is Cc1cc(C)c(S(=O)(=O)N2c3ccccc3NC(=O)C2CC(=O)N(C)c2ccccc2OC(F)(F)F)c(C)c1. The third-order valence-electron chi connectivity index (χ3n) is 6.30. The highest BCUT2D eigenvalue weighted by molar-refractivity contribution is 7.93. The van der Waals surface area contributed by atoms with E-state index in [9.17, 15) is 31.2 Å². The highest BCUT2D eigenvalue weighted by Gasteiger charge is 2.43. The van der Waals surface area contributed by atoms with Crippen LogP contribution in [-0.4, -0.2) is 39.7 Å². The minimum atomic E-state index is -5.00. The highest BCUT2D eigenvalue weighted by Crippen LogP contribution is 2.39. The number of anilines is 3. The summed E-state index contributed by atoms with van der Waals surface area (Å²) >= 11 is 0. The standard InChI is InChI=1S/C27H26F3N3O5S/c1-16-13-17(2)25(18(3)14-16)39(36,37)33-20-10-6-5-9-19(20)31-26(35)22(33)15-24(34)32(4)21-11-7-8-12-23(21)38-27(28,29)30/h5-14,22H,15H2,1-4H3,(H,31,35). The molecule has 1 atom stereocenters. The Morgan fingerprint density at radius 1 is 1.03 bits per heavy atom. The molecule has 1 N–H and O–H groups in total. The molecule has 1 aliphatic rings. The first-order valence-corrected chi connectivity index (χ1v) is 13.3. The molecule has 1 heterocycles. The van der Waals surface area contributed by atoms with Crippen LogP contribution < -0.4 is 19.3 Å². The van der Waals surface area contributed by atoms with Gasteiger partial charge >= 0.3 is 6.36 Å². The molecule has 3 aromatic carbocycles. The van der Waals surface area contributed by atoms with Crippen LogP contribution in [0.25, 0.3) is 0 Å². The van der Waals surface area contributed by atoms with Crippen LogP contribution in [0.1, 0.15) is 23.1 Å². The van der Waals surface area contributed by atoms with E-state index < -0.39 is 46.4 Å². The predicted octanol–water partition coefficient (Wildman–Crippen LogP) is 5.08. The molecule has 1 unspecified atom stereocenters. The van der Waals surface area contributed by atoms with E-state index >= 15 is 0 Å². The van der Waals surface area contributed by atoms with Crippen molar-refractivity contribution in [3.05, 3.63) is 77.4 Å². The van der Waals surface area contributed by atoms with Crippen molar-refractivity contribution in [3.8, 4) is 5.75 Å². The number of para-hydroxylation sites is 4. The normalized spacial score (nSPS) is 15.4. The second-order valence-corrected chi connectivity index (χ2v) is 11.0. The van der Waals surface area contributed by atoms with E-state index in [-0.39, 0.29) is 22.0 Å². The second kappa shape index (κ2) is 10.3. The molecule has 0 aliphatic carbocycles. The Kier molecular flexibility index (Phi) is 7.35. The number of nitrogens with zero attached hydrogens (tertiary/aromatic N) is 2. The van der Waals surface area contributed by atoms with Gasteiger partial charge in [0.1, 0.15) is 6.04 Å². The van der Waals surface area contributed by atoms with Gasteiger partial charge in [-0.3, -0.25) is 13.9 Å². The van der Waals surface area contributed by atoms with E-state index in [0.29, 0.717) is 11.1 Å². The van der Waals surface area contributed by atoms with Gasteiger partial charge in [-0.2, -0.15) is 0 Å². The average Bonchev–Trinajstić information content (AvgIpc) is 2.82. The maximum atomic E-state index is 14.2. The molecule has 39 heavy (non-hydrogen) atoms. The van der Waals surface area contributed by atoms with Crippen LogP contribution in [0.15, 0.2) is 65.6 Å². The van der Waals surface area contributed by atoms with Gasteiger partial charge in [0.2, 0.25) is 11.8 Å². The van der Waals surface area contributed by atoms with Crippen molar-refractivity contribution in [1.29, 1.82) is 0 Å². The van der Waals surface area contributed by atoms with Crippen LogP contribution >= 0.6 is 0 Å². The van der Waals surface area contributed by atoms with Crippen LogP contribution in [0.3, 0.4) is 0 Å². The molecule has 0 radical (unpaired) electrons. The zero-order chi connectivity index (χ0) is 28.7. The van der Waals surface area contributed by atoms with E-state index in [1.807, 2.05) is 6.92 Å². The molecule has 0 aromatic heterocycles. The second-order valence-electron chi connectivity index (χ2n) is 9.22. The van der Waals surface area contributed by atoms with Crippen molar-refractivity contribution < 1.29 is 35.9 Å². The number of nitrogens with one attached hydrogen (secondary N) is 1. The molecule has 8 nitrogen and oxygen atoms in total. The lowest BCUT2D eigenvalue weighted by molar-refractivity contribution is -0.274. The summed E-state index contributed by atoms with van der Waals surface area (Å²) in [4.78, 5) is 27.5. The van der Waals surface area contributed by atoms with Gasteiger partial charge in [-0.1, -0.05) is 42.0 Å². The number of hydrogen-bond acceptors (Lipinski definition) is 5. The Bertz CT molecular complexity index is 1530. The fraction of sp³-hybridized carbons (Fsp3) is 0.259. The van der Waals surface area contributed by atoms with Gasteiger partial charge in [0.05, 0.1) is 28.4 Å². The number of rotatable bonds is 6. The number of alkyl halides is 3. The van der Waals surface area contributed by atoms with E-state index in [4.69, 9.17) is 0 Å². The Morgan fingerprint density at radius 3 is 2.26 bits per heavy atom. The molecule has 0 spiro atoms. The molecular weight excluding hydrogens is 535 g/mol. The van der Waals surface area contributed by atoms with Gasteiger partial charge in [-0.25, -0.2) is 8.42 Å². The number of amides is 2. The first-order chi connectivity index (χ1) is 18.2. The summed E-state index contributed by atoms with van der Waals surface area (Å²) in [6.45, 7) is 5.13. The molecular formula is C27H26F3N3O5S. The lowest BCUT2D eigenvalue weighted by Crippen LogP contribution is -2.53. The van der Waals surface area contributed by atoms with E-state index in [0.717, 1.165) is 20.8 Å². The fourth-order valence-electron chi connectivity index (χ4n) is 4.79. The Hall–Kier alpha value is -4.06. The van der Waals surface area contributed by atoms with Crippen molar-refractivity contribution >= 4 is 38.9 Å². The number of aryl methyl sites for hydroxylation is 3. The van der Waals surface area contributed by atoms with Crippen LogP contribution in [-0.2, 0) is 19.6 Å². The number of fused-ring (bicyclic) bond motifs is 1. The summed E-state index contributed by atoms with van der Waals surface area (Å²) in [5.74, 6) is -2.17. The van der Waals surface area contributed by atoms with Crippen molar-refractivity contribution in [2.24, 2.45) is 0 Å². The highest BCUT2D eigenvalue weighted by atomic mass is 32.2. The van der Waals surface area contributed by atoms with Crippen LogP contribution in [0, 0.1) is 20.8 Å². The summed E-state index contributed by atoms with van der Waals surface area (Å²) in [6.07, 6.45) is -5.65. The fourth-order valence-corrected chi connectivity index (χ4v) is 6.84. The maximum absolute atomic E-state index is 14.2. The Morgan fingerprint density at radius 2 is 1.62 bits per heavy atom. The summed E-state index contributed by atoms with van der Waals surface area (Å²) in [5, 5.41) is 2.64. The van der Waals surface area contributed by atoms with Crippen molar-refractivity contribution in [3.63, 3.8) is 0 Å². The summed E-state index contributed by atoms with van der Waals surface area (Å²) in [7, 11) is -3.15. The average molecular weight is 562 g/mol. The van der Waals surface area contributed by atoms with E-state index in [1.165, 1.54) is 31.3 Å². The first-order valence-electron chi connectivity index (χ1n) is 11.8. The van der Waals surface area contributed by atoms with E-state index in [1.54, 1.807) is 44.2 Å². The molecule has 12 heteroatoms. The summed E-state index contributed by atoms with van der Waals surface area (Å²) in [5.41, 5.74) is 2.00. The lowest BCUT2D eigenvalue weighted by Gasteiger charge is -2.37. The summed E-state index contributed by atoms with van der Waals surface area (Å²) in [6, 6.07) is 13.2. The molecule has 3 aromatic rings. The largest absolute Gasteiger partial charge is 0.573 e. The number of benzene rings is 3. The minimum absolute atomic E-state index is 0.00679. The number of ether oxygens (including phenoxy) is 1. The molecule has 0 saturated heterocycles. The predicted molar refractivity (Wildman–Crippen MR) is 140 cm³/mol. The van der Waals surface area contributed by atoms with Crippen LogP contribution in [0.2, 0.25) is 0 Å². The number of carbonyl (C=O) groups is 2. The van der Waals surface area contributed by atoms with Gasteiger partial charge < -0.3 is 15.0 Å². The van der Waals surface area contributed by atoms with Gasteiger partial charge in [0.25, 0.3) is 10.0 Å². The quantitative estimate of drug-likeness (QED) is 0.453. The van der Waals surface area contributed by atoms with Gasteiger partial charge in [-0.15, -0.1) is 13.2 Å². The van der Waals surface area contributed by atoms with E-state index in [2.05, 4.69) is 10.1 Å². The van der Waals surface area contributed by atoms with Gasteiger partial charge in [0.15, 0.2) is 5.75 Å². The molecule has 0 bridgehead atoms. The number of halogens is 3. The zero-order valence-corrected chi connectivity index (χ0v) is 22.4. The third-order valence-corrected chi connectivity index (χ3v) is 8.43. The lowest BCUT2D eigenvalue weighted by atomic mass is 10.1. The van der Waals surface area contributed by atoms with Crippen LogP contribution in [0.4, 0.5) is 30.2 Å². The third kappa shape index (κ3) is 5.56. The van der Waals surface area contributed by atoms with Crippen molar-refractivity contribution in [2.75, 3.05) is 21.6 Å². The monoisotopic (exact) mass is 561 g/mol. The minimum Gasteiger partial charge on any atom is -0.404 e. The first kappa shape index (κ1) is 28.0. The number of carbonyl (C=O) groups excluding carboxylic acids is 2. The molecule has 1 aliphatic heterocycles. The van der Waals surface area contributed by atoms with Gasteiger partial charge in [0, 0.05) is 7.05 Å². The molecule has 0 fully saturated rings.